The Morgan fingerprint density at radius 3 is 2.59 bits per heavy atom. The van der Waals surface area contributed by atoms with E-state index in [1.807, 2.05) is 26.0 Å². The first-order valence-corrected chi connectivity index (χ1v) is 7.00. The lowest BCUT2D eigenvalue weighted by molar-refractivity contribution is 0.0869. The number of nitrogens with zero attached hydrogens (tertiary/aromatic N) is 4. The Kier molecular flexibility index (Phi) is 3.36. The molecule has 0 unspecified atom stereocenters. The summed E-state index contributed by atoms with van der Waals surface area (Å²) in [6.45, 7) is 5.28. The second-order valence-electron chi connectivity index (χ2n) is 5.30. The molecule has 6 heteroatoms. The molecule has 0 bridgehead atoms. The number of carbonyl (C=O) groups excluding carboxylic acids is 1. The van der Waals surface area contributed by atoms with Crippen molar-refractivity contribution in [3.05, 3.63) is 57.9 Å². The largest absolute Gasteiger partial charge is 0.287 e. The summed E-state index contributed by atoms with van der Waals surface area (Å²) in [5, 5.41) is 4.67. The van der Waals surface area contributed by atoms with Crippen molar-refractivity contribution in [1.82, 2.24) is 19.3 Å². The van der Waals surface area contributed by atoms with Crippen molar-refractivity contribution in [2.24, 2.45) is 0 Å². The molecule has 1 aromatic carbocycles. The Labute approximate surface area is 127 Å². The Bertz CT molecular complexity index is 937. The zero-order chi connectivity index (χ0) is 15.9. The highest BCUT2D eigenvalue weighted by Gasteiger charge is 2.15. The maximum atomic E-state index is 12.5. The van der Waals surface area contributed by atoms with E-state index in [2.05, 4.69) is 10.1 Å². The van der Waals surface area contributed by atoms with Crippen LogP contribution in [0.15, 0.2) is 35.1 Å². The first-order valence-electron chi connectivity index (χ1n) is 7.00. The van der Waals surface area contributed by atoms with E-state index in [-0.39, 0.29) is 18.0 Å². The van der Waals surface area contributed by atoms with Gasteiger partial charge in [-0.25, -0.2) is 9.67 Å². The molecule has 112 valence electrons. The van der Waals surface area contributed by atoms with Crippen LogP contribution in [0, 0.1) is 20.8 Å². The number of aromatic nitrogens is 4. The molecule has 6 nitrogen and oxygen atoms in total. The minimum absolute atomic E-state index is 0.0789. The molecule has 22 heavy (non-hydrogen) atoms. The molecule has 2 aromatic heterocycles. The van der Waals surface area contributed by atoms with Gasteiger partial charge in [-0.2, -0.15) is 5.10 Å². The predicted molar refractivity (Wildman–Crippen MR) is 83.1 cm³/mol. The lowest BCUT2D eigenvalue weighted by atomic mass is 10.2. The first kappa shape index (κ1) is 14.2. The molecule has 0 aliphatic carbocycles. The minimum atomic E-state index is -0.257. The quantitative estimate of drug-likeness (QED) is 0.723. The number of fused-ring (bicyclic) bond motifs is 1. The summed E-state index contributed by atoms with van der Waals surface area (Å²) in [6, 6.07) is 8.95. The van der Waals surface area contributed by atoms with E-state index < -0.39 is 0 Å². The van der Waals surface area contributed by atoms with Gasteiger partial charge in [0.05, 0.1) is 16.6 Å². The predicted octanol–water partition coefficient (Wildman–Crippen LogP) is 1.86. The number of carbonyl (C=O) groups is 1. The van der Waals surface area contributed by atoms with Gasteiger partial charge < -0.3 is 0 Å². The van der Waals surface area contributed by atoms with Crippen molar-refractivity contribution in [1.29, 1.82) is 0 Å². The number of benzene rings is 1. The molecule has 0 saturated heterocycles. The van der Waals surface area contributed by atoms with Gasteiger partial charge in [-0.05, 0) is 39.0 Å². The van der Waals surface area contributed by atoms with Crippen LogP contribution in [-0.2, 0) is 6.54 Å². The lowest BCUT2D eigenvalue weighted by Gasteiger charge is -2.10. The van der Waals surface area contributed by atoms with E-state index in [0.29, 0.717) is 16.7 Å². The SMILES string of the molecule is Cc1cc(C)n(C(=O)Cn2c(C)nc3ccccc3c2=O)n1. The van der Waals surface area contributed by atoms with Crippen molar-refractivity contribution in [3.8, 4) is 0 Å². The summed E-state index contributed by atoms with van der Waals surface area (Å²) in [6.07, 6.45) is 0. The maximum Gasteiger partial charge on any atom is 0.267 e. The van der Waals surface area contributed by atoms with Gasteiger partial charge in [-0.1, -0.05) is 12.1 Å². The Balaban J connectivity index is 2.06. The average Bonchev–Trinajstić information content (AvgIpc) is 2.82. The molecule has 0 aliphatic rings. The standard InChI is InChI=1S/C16H16N4O2/c1-10-8-11(2)20(18-10)15(21)9-19-12(3)17-14-7-5-4-6-13(14)16(19)22/h4-8H,9H2,1-3H3. The minimum Gasteiger partial charge on any atom is -0.287 e. The molecule has 0 amide bonds. The van der Waals surface area contributed by atoms with Gasteiger partial charge in [-0.15, -0.1) is 0 Å². The number of rotatable bonds is 2. The smallest absolute Gasteiger partial charge is 0.267 e. The third kappa shape index (κ3) is 2.32. The lowest BCUT2D eigenvalue weighted by Crippen LogP contribution is -2.30. The van der Waals surface area contributed by atoms with Crippen LogP contribution in [0.2, 0.25) is 0 Å². The summed E-state index contributed by atoms with van der Waals surface area (Å²) in [5.41, 5.74) is 1.95. The van der Waals surface area contributed by atoms with Crippen LogP contribution in [0.3, 0.4) is 0 Å². The molecule has 3 aromatic rings. The molecular weight excluding hydrogens is 280 g/mol. The molecule has 3 rings (SSSR count). The fourth-order valence-corrected chi connectivity index (χ4v) is 2.55. The van der Waals surface area contributed by atoms with Crippen molar-refractivity contribution < 1.29 is 4.79 Å². The van der Waals surface area contributed by atoms with E-state index in [1.54, 1.807) is 25.1 Å². The monoisotopic (exact) mass is 296 g/mol. The normalized spacial score (nSPS) is 11.0. The summed E-state index contributed by atoms with van der Waals surface area (Å²) >= 11 is 0. The van der Waals surface area contributed by atoms with Gasteiger partial charge in [-0.3, -0.25) is 14.2 Å². The molecule has 0 radical (unpaired) electrons. The highest BCUT2D eigenvalue weighted by atomic mass is 16.2. The van der Waals surface area contributed by atoms with Gasteiger partial charge >= 0.3 is 0 Å². The fraction of sp³-hybridized carbons (Fsp3) is 0.250. The van der Waals surface area contributed by atoms with Gasteiger partial charge in [0.15, 0.2) is 0 Å². The van der Waals surface area contributed by atoms with Crippen LogP contribution in [0.4, 0.5) is 0 Å². The van der Waals surface area contributed by atoms with E-state index in [0.717, 1.165) is 11.4 Å². The van der Waals surface area contributed by atoms with Crippen molar-refractivity contribution in [3.63, 3.8) is 0 Å². The zero-order valence-electron chi connectivity index (χ0n) is 12.7. The van der Waals surface area contributed by atoms with Crippen LogP contribution >= 0.6 is 0 Å². The van der Waals surface area contributed by atoms with Crippen LogP contribution < -0.4 is 5.56 Å². The van der Waals surface area contributed by atoms with E-state index in [1.165, 1.54) is 9.25 Å². The third-order valence-corrected chi connectivity index (χ3v) is 3.59. The van der Waals surface area contributed by atoms with E-state index in [4.69, 9.17) is 0 Å². The molecule has 0 aliphatic heterocycles. The summed E-state index contributed by atoms with van der Waals surface area (Å²) in [5.74, 6) is 0.256. The Hall–Kier alpha value is -2.76. The second kappa shape index (κ2) is 5.22. The third-order valence-electron chi connectivity index (χ3n) is 3.59. The van der Waals surface area contributed by atoms with E-state index >= 15 is 0 Å². The summed E-state index contributed by atoms with van der Waals surface area (Å²) in [7, 11) is 0. The highest BCUT2D eigenvalue weighted by molar-refractivity contribution is 5.80. The summed E-state index contributed by atoms with van der Waals surface area (Å²) < 4.78 is 2.72. The molecule has 2 heterocycles. The Morgan fingerprint density at radius 2 is 1.91 bits per heavy atom. The molecule has 0 spiro atoms. The van der Waals surface area contributed by atoms with Crippen molar-refractivity contribution in [2.75, 3.05) is 0 Å². The van der Waals surface area contributed by atoms with Crippen molar-refractivity contribution in [2.45, 2.75) is 27.3 Å². The maximum absolute atomic E-state index is 12.5. The van der Waals surface area contributed by atoms with Crippen LogP contribution in [0.25, 0.3) is 10.9 Å². The molecule has 0 atom stereocenters. The van der Waals surface area contributed by atoms with Crippen LogP contribution in [-0.4, -0.2) is 25.2 Å². The van der Waals surface area contributed by atoms with Crippen LogP contribution in [0.1, 0.15) is 22.0 Å². The highest BCUT2D eigenvalue weighted by Crippen LogP contribution is 2.08. The topological polar surface area (TPSA) is 69.8 Å². The van der Waals surface area contributed by atoms with Crippen molar-refractivity contribution >= 4 is 16.8 Å². The first-order chi connectivity index (χ1) is 10.5. The number of aryl methyl sites for hydroxylation is 3. The number of para-hydroxylation sites is 1. The Morgan fingerprint density at radius 1 is 1.18 bits per heavy atom. The average molecular weight is 296 g/mol. The van der Waals surface area contributed by atoms with Gasteiger partial charge in [0.1, 0.15) is 12.4 Å². The van der Waals surface area contributed by atoms with Gasteiger partial charge in [0.2, 0.25) is 0 Å². The van der Waals surface area contributed by atoms with Gasteiger partial charge in [0.25, 0.3) is 11.5 Å². The molecule has 0 fully saturated rings. The van der Waals surface area contributed by atoms with E-state index in [9.17, 15) is 9.59 Å². The second-order valence-corrected chi connectivity index (χ2v) is 5.30. The number of hydrogen-bond acceptors (Lipinski definition) is 4. The number of hydrogen-bond donors (Lipinski definition) is 0. The van der Waals surface area contributed by atoms with Gasteiger partial charge in [0, 0.05) is 5.69 Å². The summed E-state index contributed by atoms with van der Waals surface area (Å²) in [4.78, 5) is 29.3. The molecular formula is C16H16N4O2. The molecule has 0 N–H and O–H groups in total. The molecule has 0 saturated carbocycles. The van der Waals surface area contributed by atoms with Crippen LogP contribution in [0.5, 0.6) is 0 Å². The zero-order valence-corrected chi connectivity index (χ0v) is 12.7. The fourth-order valence-electron chi connectivity index (χ4n) is 2.55.